The number of anilines is 1. The highest BCUT2D eigenvalue weighted by Crippen LogP contribution is 2.31. The lowest BCUT2D eigenvalue weighted by Crippen LogP contribution is -2.38. The number of hydrogen-bond acceptors (Lipinski definition) is 3. The van der Waals surface area contributed by atoms with Crippen molar-refractivity contribution in [2.24, 2.45) is 0 Å². The fraction of sp³-hybridized carbons (Fsp3) is 0.294. The number of aliphatic hydroxyl groups is 1. The van der Waals surface area contributed by atoms with E-state index in [1.807, 2.05) is 48.5 Å². The maximum atomic E-state index is 9.98. The first-order valence-corrected chi connectivity index (χ1v) is 7.72. The van der Waals surface area contributed by atoms with E-state index in [0.29, 0.717) is 0 Å². The Balaban J connectivity index is 2.35. The molecule has 2 aromatic rings. The van der Waals surface area contributed by atoms with Crippen LogP contribution in [-0.2, 0) is 5.54 Å². The number of halogens is 1. The summed E-state index contributed by atoms with van der Waals surface area (Å²) in [6, 6.07) is 15.8. The van der Waals surface area contributed by atoms with Crippen molar-refractivity contribution in [1.82, 2.24) is 0 Å². The molecule has 0 spiro atoms. The van der Waals surface area contributed by atoms with Crippen molar-refractivity contribution in [2.45, 2.75) is 18.9 Å². The van der Waals surface area contributed by atoms with Crippen LogP contribution < -0.4 is 10.1 Å². The first-order valence-electron chi connectivity index (χ1n) is 6.92. The molecule has 21 heavy (non-hydrogen) atoms. The van der Waals surface area contributed by atoms with Gasteiger partial charge in [-0.2, -0.15) is 0 Å². The lowest BCUT2D eigenvalue weighted by molar-refractivity contribution is 0.207. The van der Waals surface area contributed by atoms with Gasteiger partial charge in [-0.3, -0.25) is 0 Å². The van der Waals surface area contributed by atoms with E-state index in [2.05, 4.69) is 28.2 Å². The Morgan fingerprint density at radius 1 is 1.19 bits per heavy atom. The predicted octanol–water partition coefficient (Wildman–Crippen LogP) is 4.17. The Morgan fingerprint density at radius 3 is 2.48 bits per heavy atom. The average molecular weight is 350 g/mol. The minimum atomic E-state index is -0.507. The zero-order valence-electron chi connectivity index (χ0n) is 12.3. The van der Waals surface area contributed by atoms with E-state index in [1.165, 1.54) is 0 Å². The van der Waals surface area contributed by atoms with Crippen molar-refractivity contribution in [3.8, 4) is 5.75 Å². The van der Waals surface area contributed by atoms with E-state index < -0.39 is 5.54 Å². The summed E-state index contributed by atoms with van der Waals surface area (Å²) in [7, 11) is 1.65. The summed E-state index contributed by atoms with van der Waals surface area (Å²) in [6.45, 7) is 2.08. The number of benzene rings is 2. The van der Waals surface area contributed by atoms with Crippen LogP contribution in [0.15, 0.2) is 53.0 Å². The SMILES string of the molecule is CCC(CO)(Nc1cccc(OC)c1)c1ccc(Br)cc1. The van der Waals surface area contributed by atoms with Gasteiger partial charge < -0.3 is 15.2 Å². The van der Waals surface area contributed by atoms with Gasteiger partial charge in [-0.25, -0.2) is 0 Å². The van der Waals surface area contributed by atoms with E-state index in [4.69, 9.17) is 4.74 Å². The maximum absolute atomic E-state index is 9.98. The van der Waals surface area contributed by atoms with Crippen molar-refractivity contribution in [1.29, 1.82) is 0 Å². The molecule has 2 N–H and O–H groups in total. The van der Waals surface area contributed by atoms with Gasteiger partial charge in [0.2, 0.25) is 0 Å². The van der Waals surface area contributed by atoms with Crippen LogP contribution in [0.4, 0.5) is 5.69 Å². The Hall–Kier alpha value is -1.52. The fourth-order valence-corrected chi connectivity index (χ4v) is 2.62. The monoisotopic (exact) mass is 349 g/mol. The Morgan fingerprint density at radius 2 is 1.90 bits per heavy atom. The van der Waals surface area contributed by atoms with Crippen LogP contribution in [0.2, 0.25) is 0 Å². The third kappa shape index (κ3) is 3.57. The molecular formula is C17H20BrNO2. The first-order chi connectivity index (χ1) is 10.1. The van der Waals surface area contributed by atoms with Gasteiger partial charge in [0.25, 0.3) is 0 Å². The van der Waals surface area contributed by atoms with Crippen molar-refractivity contribution in [2.75, 3.05) is 19.0 Å². The van der Waals surface area contributed by atoms with E-state index in [-0.39, 0.29) is 6.61 Å². The van der Waals surface area contributed by atoms with Crippen LogP contribution in [0.1, 0.15) is 18.9 Å². The highest BCUT2D eigenvalue weighted by molar-refractivity contribution is 9.10. The third-order valence-electron chi connectivity index (χ3n) is 3.72. The van der Waals surface area contributed by atoms with Gasteiger partial charge in [-0.15, -0.1) is 0 Å². The topological polar surface area (TPSA) is 41.5 Å². The molecular weight excluding hydrogens is 330 g/mol. The molecule has 0 saturated heterocycles. The molecule has 1 unspecified atom stereocenters. The van der Waals surface area contributed by atoms with Gasteiger partial charge in [0, 0.05) is 16.2 Å². The molecule has 0 aliphatic rings. The number of methoxy groups -OCH3 is 1. The third-order valence-corrected chi connectivity index (χ3v) is 4.25. The van der Waals surface area contributed by atoms with E-state index in [1.54, 1.807) is 7.11 Å². The van der Waals surface area contributed by atoms with Gasteiger partial charge in [-0.1, -0.05) is 41.1 Å². The van der Waals surface area contributed by atoms with E-state index >= 15 is 0 Å². The molecule has 0 radical (unpaired) electrons. The van der Waals surface area contributed by atoms with Gasteiger partial charge in [0.05, 0.1) is 19.3 Å². The Labute approximate surface area is 134 Å². The van der Waals surface area contributed by atoms with E-state index in [0.717, 1.165) is 27.9 Å². The summed E-state index contributed by atoms with van der Waals surface area (Å²) in [6.07, 6.45) is 0.766. The van der Waals surface area contributed by atoms with Crippen LogP contribution in [0.25, 0.3) is 0 Å². The zero-order valence-corrected chi connectivity index (χ0v) is 13.9. The molecule has 0 aliphatic carbocycles. The quantitative estimate of drug-likeness (QED) is 0.822. The van der Waals surface area contributed by atoms with Crippen LogP contribution in [0.3, 0.4) is 0 Å². The molecule has 0 heterocycles. The molecule has 0 fully saturated rings. The smallest absolute Gasteiger partial charge is 0.120 e. The second kappa shape index (κ2) is 6.96. The van der Waals surface area contributed by atoms with Crippen LogP contribution in [0, 0.1) is 0 Å². The van der Waals surface area contributed by atoms with Crippen LogP contribution in [-0.4, -0.2) is 18.8 Å². The van der Waals surface area contributed by atoms with Gasteiger partial charge in [0.1, 0.15) is 5.75 Å². The summed E-state index contributed by atoms with van der Waals surface area (Å²) in [5.41, 5.74) is 1.47. The molecule has 0 bridgehead atoms. The molecule has 0 saturated carbocycles. The first kappa shape index (κ1) is 15.9. The number of nitrogens with one attached hydrogen (secondary N) is 1. The minimum Gasteiger partial charge on any atom is -0.497 e. The second-order valence-corrected chi connectivity index (χ2v) is 5.87. The molecule has 2 rings (SSSR count). The largest absolute Gasteiger partial charge is 0.497 e. The minimum absolute atomic E-state index is 0.0162. The number of hydrogen-bond donors (Lipinski definition) is 2. The standard InChI is InChI=1S/C17H20BrNO2/c1-3-17(12-20,13-7-9-14(18)10-8-13)19-15-5-4-6-16(11-15)21-2/h4-11,19-20H,3,12H2,1-2H3. The van der Waals surface area contributed by atoms with Crippen LogP contribution >= 0.6 is 15.9 Å². The molecule has 112 valence electrons. The summed E-state index contributed by atoms with van der Waals surface area (Å²) in [4.78, 5) is 0. The van der Waals surface area contributed by atoms with Crippen molar-refractivity contribution < 1.29 is 9.84 Å². The fourth-order valence-electron chi connectivity index (χ4n) is 2.35. The number of aliphatic hydroxyl groups excluding tert-OH is 1. The summed E-state index contributed by atoms with van der Waals surface area (Å²) >= 11 is 3.44. The molecule has 3 nitrogen and oxygen atoms in total. The Bertz CT molecular complexity index is 580. The molecule has 1 atom stereocenters. The van der Waals surface area contributed by atoms with Crippen molar-refractivity contribution in [3.63, 3.8) is 0 Å². The number of ether oxygens (including phenoxy) is 1. The van der Waals surface area contributed by atoms with Gasteiger partial charge in [0.15, 0.2) is 0 Å². The highest BCUT2D eigenvalue weighted by Gasteiger charge is 2.29. The zero-order chi connectivity index (χ0) is 15.3. The van der Waals surface area contributed by atoms with Gasteiger partial charge in [-0.05, 0) is 36.2 Å². The molecule has 4 heteroatoms. The normalized spacial score (nSPS) is 13.5. The second-order valence-electron chi connectivity index (χ2n) is 4.96. The molecule has 0 amide bonds. The van der Waals surface area contributed by atoms with Crippen molar-refractivity contribution in [3.05, 3.63) is 58.6 Å². The van der Waals surface area contributed by atoms with Crippen LogP contribution in [0.5, 0.6) is 5.75 Å². The van der Waals surface area contributed by atoms with E-state index in [9.17, 15) is 5.11 Å². The summed E-state index contributed by atoms with van der Waals surface area (Å²) < 4.78 is 6.27. The van der Waals surface area contributed by atoms with Gasteiger partial charge >= 0.3 is 0 Å². The molecule has 0 aromatic heterocycles. The average Bonchev–Trinajstić information content (AvgIpc) is 2.54. The lowest BCUT2D eigenvalue weighted by Gasteiger charge is -2.34. The van der Waals surface area contributed by atoms with Crippen molar-refractivity contribution >= 4 is 21.6 Å². The maximum Gasteiger partial charge on any atom is 0.120 e. The predicted molar refractivity (Wildman–Crippen MR) is 89.8 cm³/mol. The summed E-state index contributed by atoms with van der Waals surface area (Å²) in [5, 5.41) is 13.4. The Kier molecular flexibility index (Phi) is 5.26. The lowest BCUT2D eigenvalue weighted by atomic mass is 9.87. The summed E-state index contributed by atoms with van der Waals surface area (Å²) in [5.74, 6) is 0.791. The molecule has 2 aromatic carbocycles. The number of rotatable bonds is 6. The molecule has 0 aliphatic heterocycles. The highest BCUT2D eigenvalue weighted by atomic mass is 79.9.